The third-order valence-electron chi connectivity index (χ3n) is 3.65. The summed E-state index contributed by atoms with van der Waals surface area (Å²) in [6.07, 6.45) is 7.01. The molecule has 3 rings (SSSR count). The van der Waals surface area contributed by atoms with Gasteiger partial charge in [0.25, 0.3) is 0 Å². The van der Waals surface area contributed by atoms with Crippen LogP contribution in [-0.2, 0) is 4.79 Å². The smallest absolute Gasteiger partial charge is 0.242 e. The zero-order valence-corrected chi connectivity index (χ0v) is 10.4. The van der Waals surface area contributed by atoms with Gasteiger partial charge in [0.2, 0.25) is 5.91 Å². The van der Waals surface area contributed by atoms with Crippen LogP contribution >= 0.6 is 11.8 Å². The van der Waals surface area contributed by atoms with E-state index in [2.05, 4.69) is 17.5 Å². The van der Waals surface area contributed by atoms with Gasteiger partial charge in [-0.3, -0.25) is 9.79 Å². The SMILES string of the molecule is CC1(C)SC(=NC2CC3C=CC2C3)NC1=O. The van der Waals surface area contributed by atoms with Gasteiger partial charge in [0.1, 0.15) is 0 Å². The molecule has 86 valence electrons. The Hall–Kier alpha value is -0.770. The molecular weight excluding hydrogens is 220 g/mol. The number of allylic oxidation sites excluding steroid dienone is 1. The van der Waals surface area contributed by atoms with E-state index >= 15 is 0 Å². The second-order valence-electron chi connectivity index (χ2n) is 5.35. The molecule has 3 atom stereocenters. The maximum absolute atomic E-state index is 11.6. The monoisotopic (exact) mass is 236 g/mol. The Kier molecular flexibility index (Phi) is 2.18. The van der Waals surface area contributed by atoms with Gasteiger partial charge in [0.05, 0.1) is 10.8 Å². The minimum atomic E-state index is -0.355. The van der Waals surface area contributed by atoms with Gasteiger partial charge in [0.15, 0.2) is 5.17 Å². The van der Waals surface area contributed by atoms with Crippen LogP contribution in [0.2, 0.25) is 0 Å². The second kappa shape index (κ2) is 3.36. The van der Waals surface area contributed by atoms with Gasteiger partial charge in [-0.1, -0.05) is 23.9 Å². The van der Waals surface area contributed by atoms with E-state index in [1.807, 2.05) is 13.8 Å². The minimum absolute atomic E-state index is 0.0787. The van der Waals surface area contributed by atoms with Crippen LogP contribution in [0, 0.1) is 11.8 Å². The average molecular weight is 236 g/mol. The Bertz CT molecular complexity index is 400. The zero-order valence-electron chi connectivity index (χ0n) is 9.56. The number of fused-ring (bicyclic) bond motifs is 2. The molecule has 1 amide bonds. The Morgan fingerprint density at radius 1 is 1.44 bits per heavy atom. The summed E-state index contributed by atoms with van der Waals surface area (Å²) in [5.41, 5.74) is 0. The normalized spacial score (nSPS) is 42.0. The van der Waals surface area contributed by atoms with E-state index in [1.165, 1.54) is 6.42 Å². The van der Waals surface area contributed by atoms with E-state index in [1.54, 1.807) is 11.8 Å². The number of carbonyl (C=O) groups is 1. The fraction of sp³-hybridized carbons (Fsp3) is 0.667. The van der Waals surface area contributed by atoms with E-state index in [0.717, 1.165) is 17.5 Å². The molecule has 1 saturated heterocycles. The summed E-state index contributed by atoms with van der Waals surface area (Å²) in [6, 6.07) is 0.395. The summed E-state index contributed by atoms with van der Waals surface area (Å²) >= 11 is 1.56. The molecule has 1 aliphatic heterocycles. The molecule has 1 heterocycles. The molecule has 2 bridgehead atoms. The van der Waals surface area contributed by atoms with E-state index in [-0.39, 0.29) is 10.7 Å². The number of amides is 1. The highest BCUT2D eigenvalue weighted by atomic mass is 32.2. The standard InChI is InChI=1S/C12H16N2OS/c1-12(2)10(15)14-11(16-12)13-9-6-7-3-4-8(9)5-7/h3-4,7-9H,5-6H2,1-2H3,(H,13,14,15). The predicted molar refractivity (Wildman–Crippen MR) is 66.4 cm³/mol. The summed E-state index contributed by atoms with van der Waals surface area (Å²) in [5.74, 6) is 1.42. The van der Waals surface area contributed by atoms with Gasteiger partial charge in [-0.05, 0) is 38.5 Å². The Labute approximate surface area is 99.8 Å². The highest BCUT2D eigenvalue weighted by Crippen LogP contribution is 2.42. The van der Waals surface area contributed by atoms with Crippen LogP contribution in [0.4, 0.5) is 0 Å². The molecule has 3 nitrogen and oxygen atoms in total. The molecule has 2 fully saturated rings. The summed E-state index contributed by atoms with van der Waals surface area (Å²) in [6.45, 7) is 3.88. The molecule has 0 radical (unpaired) electrons. The van der Waals surface area contributed by atoms with Crippen LogP contribution in [0.3, 0.4) is 0 Å². The van der Waals surface area contributed by atoms with Gasteiger partial charge in [0, 0.05) is 0 Å². The molecule has 4 heteroatoms. The maximum atomic E-state index is 11.6. The number of carbonyl (C=O) groups excluding carboxylic acids is 1. The number of thioether (sulfide) groups is 1. The molecule has 2 aliphatic carbocycles. The Balaban J connectivity index is 1.75. The topological polar surface area (TPSA) is 41.5 Å². The number of nitrogens with zero attached hydrogens (tertiary/aromatic N) is 1. The van der Waals surface area contributed by atoms with Crippen LogP contribution in [0.15, 0.2) is 17.1 Å². The molecule has 0 aromatic rings. The largest absolute Gasteiger partial charge is 0.304 e. The first-order valence-electron chi connectivity index (χ1n) is 5.81. The maximum Gasteiger partial charge on any atom is 0.242 e. The molecule has 0 spiro atoms. The van der Waals surface area contributed by atoms with Crippen LogP contribution in [0.5, 0.6) is 0 Å². The summed E-state index contributed by atoms with van der Waals surface area (Å²) in [7, 11) is 0. The average Bonchev–Trinajstić information content (AvgIpc) is 2.82. The number of nitrogens with one attached hydrogen (secondary N) is 1. The lowest BCUT2D eigenvalue weighted by atomic mass is 10.0. The Morgan fingerprint density at radius 3 is 2.75 bits per heavy atom. The van der Waals surface area contributed by atoms with Crippen LogP contribution in [-0.4, -0.2) is 21.9 Å². The van der Waals surface area contributed by atoms with Gasteiger partial charge in [-0.2, -0.15) is 0 Å². The van der Waals surface area contributed by atoms with Gasteiger partial charge in [-0.15, -0.1) is 0 Å². The van der Waals surface area contributed by atoms with Crippen LogP contribution < -0.4 is 5.32 Å². The molecule has 0 aromatic heterocycles. The molecule has 0 aromatic carbocycles. The van der Waals surface area contributed by atoms with E-state index in [4.69, 9.17) is 4.99 Å². The van der Waals surface area contributed by atoms with Crippen molar-refractivity contribution < 1.29 is 4.79 Å². The van der Waals surface area contributed by atoms with Gasteiger partial charge in [-0.25, -0.2) is 0 Å². The fourth-order valence-electron chi connectivity index (χ4n) is 2.67. The van der Waals surface area contributed by atoms with Gasteiger partial charge < -0.3 is 5.32 Å². The molecule has 1 N–H and O–H groups in total. The number of hydrogen-bond donors (Lipinski definition) is 1. The van der Waals surface area contributed by atoms with Crippen molar-refractivity contribution in [2.24, 2.45) is 16.8 Å². The van der Waals surface area contributed by atoms with Crippen molar-refractivity contribution in [3.05, 3.63) is 12.2 Å². The van der Waals surface area contributed by atoms with Gasteiger partial charge >= 0.3 is 0 Å². The minimum Gasteiger partial charge on any atom is -0.304 e. The van der Waals surface area contributed by atoms with Crippen molar-refractivity contribution in [3.63, 3.8) is 0 Å². The lowest BCUT2D eigenvalue weighted by Gasteiger charge is -2.14. The third kappa shape index (κ3) is 1.59. The summed E-state index contributed by atoms with van der Waals surface area (Å²) < 4.78 is -0.355. The first-order valence-corrected chi connectivity index (χ1v) is 6.63. The zero-order chi connectivity index (χ0) is 11.3. The Morgan fingerprint density at radius 2 is 2.25 bits per heavy atom. The van der Waals surface area contributed by atoms with E-state index < -0.39 is 0 Å². The highest BCUT2D eigenvalue weighted by Gasteiger charge is 2.40. The van der Waals surface area contributed by atoms with Crippen molar-refractivity contribution >= 4 is 22.8 Å². The number of hydrogen-bond acceptors (Lipinski definition) is 3. The molecule has 1 saturated carbocycles. The molecule has 3 aliphatic rings. The number of rotatable bonds is 1. The van der Waals surface area contributed by atoms with Crippen molar-refractivity contribution in [1.82, 2.24) is 5.32 Å². The number of aliphatic imine (C=N–C) groups is 1. The molecule has 3 unspecified atom stereocenters. The first kappa shape index (κ1) is 10.4. The lowest BCUT2D eigenvalue weighted by Crippen LogP contribution is -2.31. The molecular formula is C12H16N2OS. The molecule has 16 heavy (non-hydrogen) atoms. The number of amidine groups is 1. The highest BCUT2D eigenvalue weighted by molar-refractivity contribution is 8.16. The summed E-state index contributed by atoms with van der Waals surface area (Å²) in [4.78, 5) is 16.3. The lowest BCUT2D eigenvalue weighted by molar-refractivity contribution is -0.120. The third-order valence-corrected chi connectivity index (χ3v) is 4.74. The van der Waals surface area contributed by atoms with E-state index in [0.29, 0.717) is 12.0 Å². The fourth-order valence-corrected chi connectivity index (χ4v) is 3.63. The van der Waals surface area contributed by atoms with Crippen molar-refractivity contribution in [1.29, 1.82) is 0 Å². The second-order valence-corrected chi connectivity index (χ2v) is 6.96. The van der Waals surface area contributed by atoms with Crippen molar-refractivity contribution in [2.45, 2.75) is 37.5 Å². The van der Waals surface area contributed by atoms with Crippen LogP contribution in [0.25, 0.3) is 0 Å². The quantitative estimate of drug-likeness (QED) is 0.707. The van der Waals surface area contributed by atoms with Crippen molar-refractivity contribution in [2.75, 3.05) is 0 Å². The first-order chi connectivity index (χ1) is 7.54. The van der Waals surface area contributed by atoms with Crippen LogP contribution in [0.1, 0.15) is 26.7 Å². The van der Waals surface area contributed by atoms with Crippen molar-refractivity contribution in [3.8, 4) is 0 Å². The van der Waals surface area contributed by atoms with E-state index in [9.17, 15) is 4.79 Å². The summed E-state index contributed by atoms with van der Waals surface area (Å²) in [5, 5.41) is 3.70. The predicted octanol–water partition coefficient (Wildman–Crippen LogP) is 1.95.